The topological polar surface area (TPSA) is 33.1 Å². The van der Waals surface area contributed by atoms with Crippen LogP contribution in [-0.4, -0.2) is 10.1 Å². The standard InChI is InChI=1S/C12H11NO/c1-9-6-7-13-12(8-9)10-2-4-11(14)5-3-10/h2-8,14H,1H3. The first-order valence-electron chi connectivity index (χ1n) is 4.48. The zero-order valence-electron chi connectivity index (χ0n) is 7.94. The first-order chi connectivity index (χ1) is 6.75. The minimum atomic E-state index is 0.279. The normalized spacial score (nSPS) is 10.1. The molecule has 1 aromatic heterocycles. The quantitative estimate of drug-likeness (QED) is 0.741. The summed E-state index contributed by atoms with van der Waals surface area (Å²) in [6, 6.07) is 11.0. The van der Waals surface area contributed by atoms with E-state index in [0.29, 0.717) is 0 Å². The number of hydrogen-bond acceptors (Lipinski definition) is 2. The maximum absolute atomic E-state index is 9.14. The van der Waals surface area contributed by atoms with E-state index in [4.69, 9.17) is 5.11 Å². The third-order valence-corrected chi connectivity index (χ3v) is 2.08. The molecular weight excluding hydrogens is 174 g/mol. The number of aryl methyl sites for hydroxylation is 1. The van der Waals surface area contributed by atoms with Crippen LogP contribution in [0.2, 0.25) is 0 Å². The van der Waals surface area contributed by atoms with E-state index in [9.17, 15) is 0 Å². The van der Waals surface area contributed by atoms with E-state index in [1.807, 2.05) is 31.2 Å². The molecule has 0 fully saturated rings. The Morgan fingerprint density at radius 2 is 1.79 bits per heavy atom. The van der Waals surface area contributed by atoms with Crippen molar-refractivity contribution in [3.8, 4) is 17.0 Å². The summed E-state index contributed by atoms with van der Waals surface area (Å²) in [6.07, 6.45) is 1.79. The van der Waals surface area contributed by atoms with Crippen molar-refractivity contribution in [1.29, 1.82) is 0 Å². The van der Waals surface area contributed by atoms with Crippen LogP contribution in [0.3, 0.4) is 0 Å². The van der Waals surface area contributed by atoms with Gasteiger partial charge >= 0.3 is 0 Å². The molecule has 0 saturated heterocycles. The lowest BCUT2D eigenvalue weighted by molar-refractivity contribution is 0.475. The van der Waals surface area contributed by atoms with Crippen LogP contribution in [0.15, 0.2) is 42.6 Å². The highest BCUT2D eigenvalue weighted by atomic mass is 16.3. The average Bonchev–Trinajstić information content (AvgIpc) is 2.19. The number of phenols is 1. The van der Waals surface area contributed by atoms with Gasteiger partial charge in [0.1, 0.15) is 5.75 Å². The largest absolute Gasteiger partial charge is 0.508 e. The van der Waals surface area contributed by atoms with E-state index in [-0.39, 0.29) is 5.75 Å². The molecular formula is C12H11NO. The number of rotatable bonds is 1. The predicted octanol–water partition coefficient (Wildman–Crippen LogP) is 2.76. The molecule has 0 bridgehead atoms. The molecule has 0 atom stereocenters. The van der Waals surface area contributed by atoms with Crippen molar-refractivity contribution in [2.45, 2.75) is 6.92 Å². The fraction of sp³-hybridized carbons (Fsp3) is 0.0833. The van der Waals surface area contributed by atoms with Crippen LogP contribution >= 0.6 is 0 Å². The number of hydrogen-bond donors (Lipinski definition) is 1. The first kappa shape index (κ1) is 8.75. The Morgan fingerprint density at radius 1 is 1.07 bits per heavy atom. The lowest BCUT2D eigenvalue weighted by atomic mass is 10.1. The van der Waals surface area contributed by atoms with Gasteiger partial charge < -0.3 is 5.11 Å². The fourth-order valence-corrected chi connectivity index (χ4v) is 1.33. The highest BCUT2D eigenvalue weighted by molar-refractivity contribution is 5.60. The molecule has 0 radical (unpaired) electrons. The minimum Gasteiger partial charge on any atom is -0.508 e. The average molecular weight is 185 g/mol. The second kappa shape index (κ2) is 3.50. The van der Waals surface area contributed by atoms with Gasteiger partial charge in [-0.15, -0.1) is 0 Å². The molecule has 70 valence electrons. The van der Waals surface area contributed by atoms with Crippen molar-refractivity contribution in [1.82, 2.24) is 4.98 Å². The second-order valence-corrected chi connectivity index (χ2v) is 3.27. The molecule has 2 rings (SSSR count). The van der Waals surface area contributed by atoms with Crippen molar-refractivity contribution < 1.29 is 5.11 Å². The fourth-order valence-electron chi connectivity index (χ4n) is 1.33. The summed E-state index contributed by atoms with van der Waals surface area (Å²) in [6.45, 7) is 2.03. The molecule has 0 unspecified atom stereocenters. The zero-order chi connectivity index (χ0) is 9.97. The van der Waals surface area contributed by atoms with Crippen LogP contribution < -0.4 is 0 Å². The number of benzene rings is 1. The maximum Gasteiger partial charge on any atom is 0.115 e. The molecule has 0 aliphatic carbocycles. The Labute approximate surface area is 82.9 Å². The number of pyridine rings is 1. The van der Waals surface area contributed by atoms with Gasteiger partial charge in [0.25, 0.3) is 0 Å². The summed E-state index contributed by atoms with van der Waals surface area (Å²) >= 11 is 0. The van der Waals surface area contributed by atoms with E-state index in [0.717, 1.165) is 11.3 Å². The highest BCUT2D eigenvalue weighted by Gasteiger charge is 1.98. The van der Waals surface area contributed by atoms with Gasteiger partial charge in [0.15, 0.2) is 0 Å². The van der Waals surface area contributed by atoms with Crippen LogP contribution in [0, 0.1) is 6.92 Å². The van der Waals surface area contributed by atoms with Crippen molar-refractivity contribution in [3.05, 3.63) is 48.2 Å². The van der Waals surface area contributed by atoms with Gasteiger partial charge in [-0.05, 0) is 48.9 Å². The Hall–Kier alpha value is -1.83. The van der Waals surface area contributed by atoms with E-state index in [1.165, 1.54) is 5.56 Å². The Morgan fingerprint density at radius 3 is 2.43 bits per heavy atom. The molecule has 2 heteroatoms. The smallest absolute Gasteiger partial charge is 0.115 e. The molecule has 0 aliphatic rings. The van der Waals surface area contributed by atoms with Crippen LogP contribution in [0.4, 0.5) is 0 Å². The predicted molar refractivity (Wildman–Crippen MR) is 56.1 cm³/mol. The Balaban J connectivity index is 2.44. The summed E-state index contributed by atoms with van der Waals surface area (Å²) in [7, 11) is 0. The van der Waals surface area contributed by atoms with Gasteiger partial charge in [0.05, 0.1) is 5.69 Å². The monoisotopic (exact) mass is 185 g/mol. The molecule has 2 aromatic rings. The first-order valence-corrected chi connectivity index (χ1v) is 4.48. The lowest BCUT2D eigenvalue weighted by Gasteiger charge is -2.01. The Bertz CT molecular complexity index is 434. The van der Waals surface area contributed by atoms with Crippen molar-refractivity contribution in [2.24, 2.45) is 0 Å². The SMILES string of the molecule is Cc1ccnc(-c2ccc(O)cc2)c1. The molecule has 1 N–H and O–H groups in total. The third-order valence-electron chi connectivity index (χ3n) is 2.08. The number of nitrogens with zero attached hydrogens (tertiary/aromatic N) is 1. The lowest BCUT2D eigenvalue weighted by Crippen LogP contribution is -1.83. The van der Waals surface area contributed by atoms with Gasteiger partial charge in [-0.2, -0.15) is 0 Å². The van der Waals surface area contributed by atoms with Crippen LogP contribution in [0.1, 0.15) is 5.56 Å². The van der Waals surface area contributed by atoms with Crippen molar-refractivity contribution in [2.75, 3.05) is 0 Å². The molecule has 2 nitrogen and oxygen atoms in total. The summed E-state index contributed by atoms with van der Waals surface area (Å²) in [5.41, 5.74) is 3.14. The molecule has 0 aliphatic heterocycles. The van der Waals surface area contributed by atoms with Gasteiger partial charge in [-0.3, -0.25) is 4.98 Å². The summed E-state index contributed by atoms with van der Waals surface area (Å²) in [5, 5.41) is 9.14. The second-order valence-electron chi connectivity index (χ2n) is 3.27. The molecule has 0 spiro atoms. The third kappa shape index (κ3) is 1.74. The van der Waals surface area contributed by atoms with Gasteiger partial charge in [0, 0.05) is 11.8 Å². The molecule has 14 heavy (non-hydrogen) atoms. The number of aromatic hydroxyl groups is 1. The van der Waals surface area contributed by atoms with Gasteiger partial charge in [0.2, 0.25) is 0 Å². The van der Waals surface area contributed by atoms with Crippen LogP contribution in [0.25, 0.3) is 11.3 Å². The van der Waals surface area contributed by atoms with Gasteiger partial charge in [-0.25, -0.2) is 0 Å². The molecule has 1 heterocycles. The Kier molecular flexibility index (Phi) is 2.19. The van der Waals surface area contributed by atoms with E-state index in [2.05, 4.69) is 4.98 Å². The van der Waals surface area contributed by atoms with Gasteiger partial charge in [-0.1, -0.05) is 0 Å². The zero-order valence-corrected chi connectivity index (χ0v) is 7.94. The van der Waals surface area contributed by atoms with E-state index >= 15 is 0 Å². The highest BCUT2D eigenvalue weighted by Crippen LogP contribution is 2.20. The van der Waals surface area contributed by atoms with Crippen LogP contribution in [-0.2, 0) is 0 Å². The maximum atomic E-state index is 9.14. The number of aromatic nitrogens is 1. The summed E-state index contributed by atoms with van der Waals surface area (Å²) < 4.78 is 0. The molecule has 0 amide bonds. The summed E-state index contributed by atoms with van der Waals surface area (Å²) in [4.78, 5) is 4.26. The van der Waals surface area contributed by atoms with E-state index in [1.54, 1.807) is 18.3 Å². The van der Waals surface area contributed by atoms with E-state index < -0.39 is 0 Å². The van der Waals surface area contributed by atoms with Crippen molar-refractivity contribution in [3.63, 3.8) is 0 Å². The van der Waals surface area contributed by atoms with Crippen LogP contribution in [0.5, 0.6) is 5.75 Å². The minimum absolute atomic E-state index is 0.279. The van der Waals surface area contributed by atoms with Crippen molar-refractivity contribution >= 4 is 0 Å². The summed E-state index contributed by atoms with van der Waals surface area (Å²) in [5.74, 6) is 0.279. The molecule has 0 saturated carbocycles. The molecule has 1 aromatic carbocycles. The number of phenolic OH excluding ortho intramolecular Hbond substituents is 1.